The number of anilines is 2. The predicted molar refractivity (Wildman–Crippen MR) is 97.1 cm³/mol. The number of carbonyl (C=O) groups excluding carboxylic acids is 1. The molecular formula is C18H19Cl2NO3. The van der Waals surface area contributed by atoms with Crippen molar-refractivity contribution in [2.75, 3.05) is 11.9 Å². The summed E-state index contributed by atoms with van der Waals surface area (Å²) in [6, 6.07) is 12.6. The summed E-state index contributed by atoms with van der Waals surface area (Å²) in [7, 11) is 0. The first-order chi connectivity index (χ1) is 11.5. The van der Waals surface area contributed by atoms with Crippen LogP contribution in [0.15, 0.2) is 42.5 Å². The van der Waals surface area contributed by atoms with Gasteiger partial charge >= 0.3 is 5.97 Å². The molecule has 0 bridgehead atoms. The van der Waals surface area contributed by atoms with E-state index in [9.17, 15) is 4.79 Å². The van der Waals surface area contributed by atoms with Gasteiger partial charge in [0.05, 0.1) is 22.2 Å². The van der Waals surface area contributed by atoms with Gasteiger partial charge in [-0.2, -0.15) is 0 Å². The van der Waals surface area contributed by atoms with Gasteiger partial charge in [-0.15, -0.1) is 0 Å². The summed E-state index contributed by atoms with van der Waals surface area (Å²) in [5.74, 6) is -0.351. The smallest absolute Gasteiger partial charge is 0.310 e. The highest BCUT2D eigenvalue weighted by Crippen LogP contribution is 2.33. The maximum absolute atomic E-state index is 12.1. The van der Waals surface area contributed by atoms with E-state index in [4.69, 9.17) is 33.0 Å². The molecule has 4 nitrogen and oxygen atoms in total. The van der Waals surface area contributed by atoms with Crippen LogP contribution in [-0.4, -0.2) is 23.8 Å². The molecule has 0 aliphatic carbocycles. The van der Waals surface area contributed by atoms with Gasteiger partial charge in [0.25, 0.3) is 0 Å². The average molecular weight is 368 g/mol. The summed E-state index contributed by atoms with van der Waals surface area (Å²) >= 11 is 12.4. The quantitative estimate of drug-likeness (QED) is 0.702. The monoisotopic (exact) mass is 367 g/mol. The second kappa shape index (κ2) is 8.92. The van der Waals surface area contributed by atoms with Crippen LogP contribution in [0.2, 0.25) is 10.0 Å². The van der Waals surface area contributed by atoms with Gasteiger partial charge in [-0.25, -0.2) is 0 Å². The molecule has 128 valence electrons. The van der Waals surface area contributed by atoms with Crippen LogP contribution in [0.25, 0.3) is 0 Å². The summed E-state index contributed by atoms with van der Waals surface area (Å²) in [5.41, 5.74) is 2.10. The summed E-state index contributed by atoms with van der Waals surface area (Å²) in [6.07, 6.45) is 0.211. The van der Waals surface area contributed by atoms with Crippen LogP contribution in [0.4, 0.5) is 11.4 Å². The normalized spacial score (nSPS) is 11.8. The molecule has 0 amide bonds. The SMILES string of the molecule is CC(CCO)OC(=O)Cc1ccccc1Nc1c(Cl)cccc1Cl. The van der Waals surface area contributed by atoms with Crippen LogP contribution < -0.4 is 5.32 Å². The van der Waals surface area contributed by atoms with Gasteiger partial charge < -0.3 is 15.2 Å². The average Bonchev–Trinajstić information content (AvgIpc) is 2.52. The number of aliphatic hydroxyl groups is 1. The molecule has 2 aromatic carbocycles. The third kappa shape index (κ3) is 5.13. The van der Waals surface area contributed by atoms with Crippen LogP contribution in [0.3, 0.4) is 0 Å². The zero-order valence-electron chi connectivity index (χ0n) is 13.3. The highest BCUT2D eigenvalue weighted by molar-refractivity contribution is 6.39. The molecule has 1 unspecified atom stereocenters. The van der Waals surface area contributed by atoms with Crippen molar-refractivity contribution in [2.24, 2.45) is 0 Å². The van der Waals surface area contributed by atoms with Gasteiger partial charge in [-0.3, -0.25) is 4.79 Å². The Labute approximate surface area is 151 Å². The van der Waals surface area contributed by atoms with Crippen LogP contribution >= 0.6 is 23.2 Å². The van der Waals surface area contributed by atoms with Crippen molar-refractivity contribution in [3.63, 3.8) is 0 Å². The van der Waals surface area contributed by atoms with Gasteiger partial charge in [0, 0.05) is 18.7 Å². The number of hydrogen-bond donors (Lipinski definition) is 2. The minimum atomic E-state index is -0.351. The topological polar surface area (TPSA) is 58.6 Å². The molecule has 0 fully saturated rings. The maximum atomic E-state index is 12.1. The standard InChI is InChI=1S/C18H19Cl2NO3/c1-12(9-10-22)24-17(23)11-13-5-2-3-8-16(13)21-18-14(19)6-4-7-15(18)20/h2-8,12,21-22H,9-11H2,1H3. The molecule has 0 radical (unpaired) electrons. The molecular weight excluding hydrogens is 349 g/mol. The first-order valence-electron chi connectivity index (χ1n) is 7.60. The van der Waals surface area contributed by atoms with E-state index < -0.39 is 0 Å². The summed E-state index contributed by atoms with van der Waals surface area (Å²) in [4.78, 5) is 12.1. The van der Waals surface area contributed by atoms with E-state index in [1.165, 1.54) is 0 Å². The van der Waals surface area contributed by atoms with E-state index in [1.54, 1.807) is 25.1 Å². The number of para-hydroxylation sites is 2. The zero-order chi connectivity index (χ0) is 17.5. The maximum Gasteiger partial charge on any atom is 0.310 e. The largest absolute Gasteiger partial charge is 0.462 e. The van der Waals surface area contributed by atoms with E-state index in [-0.39, 0.29) is 25.1 Å². The van der Waals surface area contributed by atoms with Crippen LogP contribution in [0.1, 0.15) is 18.9 Å². The van der Waals surface area contributed by atoms with Crippen molar-refractivity contribution in [3.8, 4) is 0 Å². The van der Waals surface area contributed by atoms with Crippen molar-refractivity contribution in [3.05, 3.63) is 58.1 Å². The molecule has 2 aromatic rings. The van der Waals surface area contributed by atoms with E-state index in [0.29, 0.717) is 22.2 Å². The molecule has 2 rings (SSSR count). The Balaban J connectivity index is 2.14. The molecule has 0 aromatic heterocycles. The predicted octanol–water partition coefficient (Wildman–Crippen LogP) is 4.59. The minimum absolute atomic E-state index is 0.0163. The third-order valence-corrected chi connectivity index (χ3v) is 4.07. The molecule has 0 heterocycles. The van der Waals surface area contributed by atoms with Gasteiger partial charge in [0.1, 0.15) is 6.10 Å². The number of halogens is 2. The molecule has 2 N–H and O–H groups in total. The summed E-state index contributed by atoms with van der Waals surface area (Å²) < 4.78 is 5.27. The zero-order valence-corrected chi connectivity index (χ0v) is 14.8. The number of rotatable bonds is 7. The second-order valence-corrected chi connectivity index (χ2v) is 6.18. The van der Waals surface area contributed by atoms with Crippen molar-refractivity contribution >= 4 is 40.5 Å². The van der Waals surface area contributed by atoms with E-state index >= 15 is 0 Å². The second-order valence-electron chi connectivity index (χ2n) is 5.37. The van der Waals surface area contributed by atoms with Gasteiger partial charge in [0.2, 0.25) is 0 Å². The third-order valence-electron chi connectivity index (χ3n) is 3.44. The number of ether oxygens (including phenoxy) is 1. The molecule has 1 atom stereocenters. The molecule has 0 aliphatic heterocycles. The number of hydrogen-bond acceptors (Lipinski definition) is 4. The fourth-order valence-electron chi connectivity index (χ4n) is 2.21. The van der Waals surface area contributed by atoms with Crippen LogP contribution in [0, 0.1) is 0 Å². The number of esters is 1. The fraction of sp³-hybridized carbons (Fsp3) is 0.278. The Kier molecular flexibility index (Phi) is 6.91. The number of carbonyl (C=O) groups is 1. The van der Waals surface area contributed by atoms with Crippen molar-refractivity contribution < 1.29 is 14.6 Å². The molecule has 6 heteroatoms. The summed E-state index contributed by atoms with van der Waals surface area (Å²) in [5, 5.41) is 13.0. The van der Waals surface area contributed by atoms with Gasteiger partial charge in [0.15, 0.2) is 0 Å². The van der Waals surface area contributed by atoms with E-state index in [2.05, 4.69) is 5.32 Å². The molecule has 24 heavy (non-hydrogen) atoms. The lowest BCUT2D eigenvalue weighted by atomic mass is 10.1. The Bertz CT molecular complexity index is 686. The number of aliphatic hydroxyl groups excluding tert-OH is 1. The van der Waals surface area contributed by atoms with Gasteiger partial charge in [-0.05, 0) is 30.7 Å². The lowest BCUT2D eigenvalue weighted by Gasteiger charge is -2.15. The lowest BCUT2D eigenvalue weighted by Crippen LogP contribution is -2.18. The van der Waals surface area contributed by atoms with Crippen molar-refractivity contribution in [1.29, 1.82) is 0 Å². The highest BCUT2D eigenvalue weighted by Gasteiger charge is 2.14. The fourth-order valence-corrected chi connectivity index (χ4v) is 2.70. The minimum Gasteiger partial charge on any atom is -0.462 e. The Morgan fingerprint density at radius 3 is 2.50 bits per heavy atom. The number of nitrogens with one attached hydrogen (secondary N) is 1. The van der Waals surface area contributed by atoms with Crippen LogP contribution in [-0.2, 0) is 16.0 Å². The Morgan fingerprint density at radius 2 is 1.83 bits per heavy atom. The highest BCUT2D eigenvalue weighted by atomic mass is 35.5. The van der Waals surface area contributed by atoms with Gasteiger partial charge in [-0.1, -0.05) is 47.5 Å². The van der Waals surface area contributed by atoms with E-state index in [0.717, 1.165) is 11.3 Å². The molecule has 0 aliphatic rings. The molecule has 0 spiro atoms. The van der Waals surface area contributed by atoms with Crippen molar-refractivity contribution in [1.82, 2.24) is 0 Å². The molecule has 0 saturated carbocycles. The number of benzene rings is 2. The Morgan fingerprint density at radius 1 is 1.17 bits per heavy atom. The van der Waals surface area contributed by atoms with Crippen LogP contribution in [0.5, 0.6) is 0 Å². The summed E-state index contributed by atoms with van der Waals surface area (Å²) in [6.45, 7) is 1.74. The first-order valence-corrected chi connectivity index (χ1v) is 8.36. The Hall–Kier alpha value is -1.75. The van der Waals surface area contributed by atoms with Crippen molar-refractivity contribution in [2.45, 2.75) is 25.9 Å². The molecule has 0 saturated heterocycles. The lowest BCUT2D eigenvalue weighted by molar-refractivity contribution is -0.147. The van der Waals surface area contributed by atoms with E-state index in [1.807, 2.05) is 24.3 Å². The first kappa shape index (κ1) is 18.6.